The van der Waals surface area contributed by atoms with Gasteiger partial charge < -0.3 is 10.2 Å². The van der Waals surface area contributed by atoms with E-state index in [1.165, 1.54) is 5.56 Å². The maximum absolute atomic E-state index is 4.64. The van der Waals surface area contributed by atoms with Crippen molar-refractivity contribution in [2.75, 3.05) is 24.5 Å². The number of nitrogens with zero attached hydrogens (tertiary/aromatic N) is 3. The molecule has 1 aromatic heterocycles. The van der Waals surface area contributed by atoms with Gasteiger partial charge in [-0.2, -0.15) is 0 Å². The van der Waals surface area contributed by atoms with Crippen LogP contribution >= 0.6 is 0 Å². The van der Waals surface area contributed by atoms with Crippen LogP contribution in [0.1, 0.15) is 44.9 Å². The normalized spacial score (nSPS) is 10.7. The highest BCUT2D eigenvalue weighted by Gasteiger charge is 2.09. The van der Waals surface area contributed by atoms with Crippen molar-refractivity contribution in [2.24, 2.45) is 0 Å². The van der Waals surface area contributed by atoms with Crippen LogP contribution in [-0.4, -0.2) is 29.6 Å². The van der Waals surface area contributed by atoms with E-state index < -0.39 is 0 Å². The maximum Gasteiger partial charge on any atom is 0.225 e. The van der Waals surface area contributed by atoms with E-state index in [0.29, 0.717) is 0 Å². The predicted molar refractivity (Wildman–Crippen MR) is 76.9 cm³/mol. The first-order chi connectivity index (χ1) is 8.72. The Labute approximate surface area is 111 Å². The molecule has 0 aliphatic carbocycles. The summed E-state index contributed by atoms with van der Waals surface area (Å²) in [6, 6.07) is 0. The number of rotatable bonds is 8. The molecule has 102 valence electrons. The van der Waals surface area contributed by atoms with Crippen molar-refractivity contribution in [3.8, 4) is 0 Å². The molecule has 0 spiro atoms. The highest BCUT2D eigenvalue weighted by atomic mass is 15.2. The Balaban J connectivity index is 2.79. The molecule has 1 rings (SSSR count). The molecule has 4 nitrogen and oxygen atoms in total. The highest BCUT2D eigenvalue weighted by Crippen LogP contribution is 2.12. The maximum atomic E-state index is 4.64. The number of anilines is 1. The first-order valence-corrected chi connectivity index (χ1v) is 7.01. The fourth-order valence-electron chi connectivity index (χ4n) is 1.92. The van der Waals surface area contributed by atoms with E-state index in [-0.39, 0.29) is 0 Å². The molecule has 0 aromatic carbocycles. The van der Waals surface area contributed by atoms with E-state index in [2.05, 4.69) is 47.9 Å². The van der Waals surface area contributed by atoms with Crippen LogP contribution in [-0.2, 0) is 6.54 Å². The van der Waals surface area contributed by atoms with Crippen LogP contribution in [0.3, 0.4) is 0 Å². The Bertz CT molecular complexity index is 346. The van der Waals surface area contributed by atoms with E-state index in [0.717, 1.165) is 50.7 Å². The summed E-state index contributed by atoms with van der Waals surface area (Å²) in [5.74, 6) is 0.872. The molecule has 0 unspecified atom stereocenters. The molecule has 0 saturated heterocycles. The topological polar surface area (TPSA) is 41.1 Å². The second-order valence-electron chi connectivity index (χ2n) is 4.55. The van der Waals surface area contributed by atoms with Gasteiger partial charge in [0.25, 0.3) is 0 Å². The first-order valence-electron chi connectivity index (χ1n) is 7.01. The standard InChI is InChI=1S/C14H26N4/c1-5-8-18(9-6-2)14-16-11-13(10-15-7-3)12(4)17-14/h11,15H,5-10H2,1-4H3. The minimum atomic E-state index is 0.851. The summed E-state index contributed by atoms with van der Waals surface area (Å²) in [4.78, 5) is 11.4. The summed E-state index contributed by atoms with van der Waals surface area (Å²) in [5, 5.41) is 3.31. The number of hydrogen-bond donors (Lipinski definition) is 1. The molecule has 1 N–H and O–H groups in total. The van der Waals surface area contributed by atoms with Crippen LogP contribution in [0.25, 0.3) is 0 Å². The second-order valence-corrected chi connectivity index (χ2v) is 4.55. The van der Waals surface area contributed by atoms with E-state index in [1.807, 2.05) is 6.20 Å². The van der Waals surface area contributed by atoms with Crippen molar-refractivity contribution in [1.29, 1.82) is 0 Å². The molecule has 4 heteroatoms. The van der Waals surface area contributed by atoms with Crippen LogP contribution in [0.4, 0.5) is 5.95 Å². The largest absolute Gasteiger partial charge is 0.341 e. The Morgan fingerprint density at radius 1 is 1.17 bits per heavy atom. The molecular formula is C14H26N4. The van der Waals surface area contributed by atoms with Crippen LogP contribution in [0.2, 0.25) is 0 Å². The van der Waals surface area contributed by atoms with Gasteiger partial charge in [-0.15, -0.1) is 0 Å². The van der Waals surface area contributed by atoms with Gasteiger partial charge in [-0.1, -0.05) is 20.8 Å². The van der Waals surface area contributed by atoms with Crippen LogP contribution in [0.5, 0.6) is 0 Å². The van der Waals surface area contributed by atoms with Crippen molar-refractivity contribution in [3.63, 3.8) is 0 Å². The average molecular weight is 250 g/mol. The fourth-order valence-corrected chi connectivity index (χ4v) is 1.92. The zero-order valence-corrected chi connectivity index (χ0v) is 12.2. The third-order valence-corrected chi connectivity index (χ3v) is 2.90. The number of aryl methyl sites for hydroxylation is 1. The highest BCUT2D eigenvalue weighted by molar-refractivity contribution is 5.32. The Hall–Kier alpha value is -1.16. The van der Waals surface area contributed by atoms with Crippen LogP contribution in [0, 0.1) is 6.92 Å². The lowest BCUT2D eigenvalue weighted by Crippen LogP contribution is -2.27. The minimum absolute atomic E-state index is 0.851. The van der Waals surface area contributed by atoms with Gasteiger partial charge in [-0.05, 0) is 26.3 Å². The second kappa shape index (κ2) is 8.03. The quantitative estimate of drug-likeness (QED) is 0.769. The third-order valence-electron chi connectivity index (χ3n) is 2.90. The number of nitrogens with one attached hydrogen (secondary N) is 1. The summed E-state index contributed by atoms with van der Waals surface area (Å²) >= 11 is 0. The molecule has 1 heterocycles. The molecule has 0 atom stereocenters. The molecule has 0 bridgehead atoms. The van der Waals surface area contributed by atoms with E-state index in [1.54, 1.807) is 0 Å². The SMILES string of the molecule is CCCN(CCC)c1ncc(CNCC)c(C)n1. The van der Waals surface area contributed by atoms with Gasteiger partial charge in [0.2, 0.25) is 5.95 Å². The molecular weight excluding hydrogens is 224 g/mol. The van der Waals surface area contributed by atoms with Gasteiger partial charge in [-0.3, -0.25) is 0 Å². The van der Waals surface area contributed by atoms with E-state index in [9.17, 15) is 0 Å². The zero-order valence-electron chi connectivity index (χ0n) is 12.2. The molecule has 0 fully saturated rings. The van der Waals surface area contributed by atoms with Crippen molar-refractivity contribution in [2.45, 2.75) is 47.1 Å². The van der Waals surface area contributed by atoms with Crippen LogP contribution in [0.15, 0.2) is 6.20 Å². The zero-order chi connectivity index (χ0) is 13.4. The third kappa shape index (κ3) is 4.26. The molecule has 0 radical (unpaired) electrons. The van der Waals surface area contributed by atoms with Crippen molar-refractivity contribution in [3.05, 3.63) is 17.5 Å². The van der Waals surface area contributed by atoms with Gasteiger partial charge in [0.1, 0.15) is 0 Å². The Morgan fingerprint density at radius 3 is 2.33 bits per heavy atom. The Morgan fingerprint density at radius 2 is 1.83 bits per heavy atom. The lowest BCUT2D eigenvalue weighted by molar-refractivity contribution is 0.699. The predicted octanol–water partition coefficient (Wildman–Crippen LogP) is 2.52. The summed E-state index contributed by atoms with van der Waals surface area (Å²) in [6.07, 6.45) is 4.21. The number of hydrogen-bond acceptors (Lipinski definition) is 4. The molecule has 0 aliphatic heterocycles. The van der Waals surface area contributed by atoms with Crippen molar-refractivity contribution in [1.82, 2.24) is 15.3 Å². The summed E-state index contributed by atoms with van der Waals surface area (Å²) in [5.41, 5.74) is 2.27. The van der Waals surface area contributed by atoms with E-state index >= 15 is 0 Å². The smallest absolute Gasteiger partial charge is 0.225 e. The molecule has 0 aliphatic rings. The first kappa shape index (κ1) is 14.9. The molecule has 18 heavy (non-hydrogen) atoms. The minimum Gasteiger partial charge on any atom is -0.341 e. The lowest BCUT2D eigenvalue weighted by atomic mass is 10.2. The molecule has 0 amide bonds. The number of aromatic nitrogens is 2. The molecule has 1 aromatic rings. The average Bonchev–Trinajstić information content (AvgIpc) is 2.37. The lowest BCUT2D eigenvalue weighted by Gasteiger charge is -2.22. The van der Waals surface area contributed by atoms with Gasteiger partial charge in [0.05, 0.1) is 0 Å². The summed E-state index contributed by atoms with van der Waals surface area (Å²) in [7, 11) is 0. The van der Waals surface area contributed by atoms with Crippen molar-refractivity contribution < 1.29 is 0 Å². The van der Waals surface area contributed by atoms with Crippen molar-refractivity contribution >= 4 is 5.95 Å². The summed E-state index contributed by atoms with van der Waals surface area (Å²) in [6.45, 7) is 12.4. The van der Waals surface area contributed by atoms with Gasteiger partial charge >= 0.3 is 0 Å². The van der Waals surface area contributed by atoms with Crippen LogP contribution < -0.4 is 10.2 Å². The molecule has 0 saturated carbocycles. The fraction of sp³-hybridized carbons (Fsp3) is 0.714. The van der Waals surface area contributed by atoms with E-state index in [4.69, 9.17) is 0 Å². The monoisotopic (exact) mass is 250 g/mol. The van der Waals surface area contributed by atoms with Gasteiger partial charge in [0.15, 0.2) is 0 Å². The van der Waals surface area contributed by atoms with Gasteiger partial charge in [0, 0.05) is 37.1 Å². The summed E-state index contributed by atoms with van der Waals surface area (Å²) < 4.78 is 0. The Kier molecular flexibility index (Phi) is 6.65. The van der Waals surface area contributed by atoms with Gasteiger partial charge in [-0.25, -0.2) is 9.97 Å².